The summed E-state index contributed by atoms with van der Waals surface area (Å²) in [6.07, 6.45) is -0.0423. The van der Waals surface area contributed by atoms with E-state index in [2.05, 4.69) is 0 Å². The van der Waals surface area contributed by atoms with E-state index < -0.39 is 63.9 Å². The number of ether oxygens (including phenoxy) is 2. The Hall–Kier alpha value is -1.60. The fourth-order valence-corrected chi connectivity index (χ4v) is 8.67. The van der Waals surface area contributed by atoms with Gasteiger partial charge in [0.1, 0.15) is 6.17 Å². The monoisotopic (exact) mass is 523 g/mol. The van der Waals surface area contributed by atoms with E-state index in [0.29, 0.717) is 0 Å². The van der Waals surface area contributed by atoms with E-state index in [1.54, 1.807) is 27.7 Å². The molecule has 6 nitrogen and oxygen atoms in total. The van der Waals surface area contributed by atoms with Crippen LogP contribution in [0.1, 0.15) is 60.8 Å². The van der Waals surface area contributed by atoms with Crippen molar-refractivity contribution >= 4 is 22.7 Å². The lowest BCUT2D eigenvalue weighted by molar-refractivity contribution is -0.246. The predicted octanol–water partition coefficient (Wildman–Crippen LogP) is 4.61. The zero-order chi connectivity index (χ0) is 26.9. The highest BCUT2D eigenvalue weighted by Gasteiger charge is 2.80. The molecule has 0 spiro atoms. The molecule has 9 atom stereocenters. The Morgan fingerprint density at radius 3 is 2.56 bits per heavy atom. The van der Waals surface area contributed by atoms with E-state index in [-0.39, 0.29) is 35.7 Å². The van der Waals surface area contributed by atoms with Crippen LogP contribution in [0.5, 0.6) is 0 Å². The van der Waals surface area contributed by atoms with Crippen LogP contribution in [0.4, 0.5) is 8.78 Å². The van der Waals surface area contributed by atoms with Crippen molar-refractivity contribution in [3.05, 3.63) is 23.8 Å². The highest BCUT2D eigenvalue weighted by Crippen LogP contribution is 2.72. The minimum absolute atomic E-state index is 0.0589. The van der Waals surface area contributed by atoms with Crippen molar-refractivity contribution in [3.63, 3.8) is 0 Å². The van der Waals surface area contributed by atoms with Crippen molar-refractivity contribution in [1.82, 2.24) is 0 Å². The van der Waals surface area contributed by atoms with Crippen LogP contribution in [0.2, 0.25) is 0 Å². The van der Waals surface area contributed by atoms with Gasteiger partial charge < -0.3 is 14.6 Å². The first kappa shape index (κ1) is 27.4. The summed E-state index contributed by atoms with van der Waals surface area (Å²) >= 11 is 0.832. The van der Waals surface area contributed by atoms with Crippen molar-refractivity contribution in [2.75, 3.05) is 5.75 Å². The fraction of sp³-hybridized carbons (Fsp3) is 0.741. The molecule has 9 heteroatoms. The summed E-state index contributed by atoms with van der Waals surface area (Å²) in [6, 6.07) is 1.95. The molecular formula is C27H35F2NO5S. The fourth-order valence-electron chi connectivity index (χ4n) is 7.86. The summed E-state index contributed by atoms with van der Waals surface area (Å²) in [6.45, 7) is 10.7. The van der Waals surface area contributed by atoms with Crippen LogP contribution in [0.25, 0.3) is 0 Å². The second-order valence-electron chi connectivity index (χ2n) is 11.2. The minimum atomic E-state index is -2.24. The number of hydrogen-bond acceptors (Lipinski definition) is 7. The van der Waals surface area contributed by atoms with Crippen LogP contribution >= 0.6 is 11.8 Å². The number of ketones is 1. The van der Waals surface area contributed by atoms with Crippen LogP contribution in [0, 0.1) is 34.0 Å². The van der Waals surface area contributed by atoms with Gasteiger partial charge >= 0.3 is 0 Å². The maximum Gasteiger partial charge on any atom is 0.225 e. The summed E-state index contributed by atoms with van der Waals surface area (Å²) in [5.74, 6) is -3.00. The van der Waals surface area contributed by atoms with Gasteiger partial charge in [-0.1, -0.05) is 38.6 Å². The lowest BCUT2D eigenvalue weighted by atomic mass is 9.44. The van der Waals surface area contributed by atoms with Gasteiger partial charge in [-0.25, -0.2) is 8.78 Å². The van der Waals surface area contributed by atoms with Gasteiger partial charge in [-0.05, 0) is 63.7 Å². The Morgan fingerprint density at radius 2 is 1.92 bits per heavy atom. The van der Waals surface area contributed by atoms with Crippen molar-refractivity contribution in [1.29, 1.82) is 5.26 Å². The van der Waals surface area contributed by atoms with E-state index in [9.17, 15) is 14.7 Å². The van der Waals surface area contributed by atoms with E-state index >= 15 is 8.78 Å². The molecule has 1 N–H and O–H groups in total. The second kappa shape index (κ2) is 8.72. The van der Waals surface area contributed by atoms with Gasteiger partial charge in [-0.15, -0.1) is 0 Å². The van der Waals surface area contributed by atoms with Crippen LogP contribution in [-0.4, -0.2) is 57.2 Å². The lowest BCUT2D eigenvalue weighted by Crippen LogP contribution is -2.70. The Bertz CT molecular complexity index is 1070. The van der Waals surface area contributed by atoms with Gasteiger partial charge in [0.25, 0.3) is 0 Å². The van der Waals surface area contributed by atoms with Crippen LogP contribution in [0.15, 0.2) is 23.8 Å². The molecule has 0 aromatic carbocycles. The summed E-state index contributed by atoms with van der Waals surface area (Å²) in [7, 11) is 0. The number of thioether (sulfide) groups is 1. The van der Waals surface area contributed by atoms with Gasteiger partial charge in [-0.2, -0.15) is 5.26 Å². The third-order valence-corrected chi connectivity index (χ3v) is 10.0. The molecule has 1 unspecified atom stereocenters. The quantitative estimate of drug-likeness (QED) is 0.564. The summed E-state index contributed by atoms with van der Waals surface area (Å²) in [5.41, 5.74) is -6.21. The summed E-state index contributed by atoms with van der Waals surface area (Å²) < 4.78 is 45.3. The zero-order valence-corrected chi connectivity index (χ0v) is 22.5. The summed E-state index contributed by atoms with van der Waals surface area (Å²) in [5, 5.41) is 20.1. The number of allylic oxidation sites excluding steroid dienone is 4. The largest absolute Gasteiger partial charge is 0.390 e. The molecule has 3 saturated carbocycles. The number of aliphatic hydroxyl groups excluding tert-OH is 1. The normalized spacial score (nSPS) is 47.8. The highest BCUT2D eigenvalue weighted by atomic mass is 32.2. The maximum absolute atomic E-state index is 17.3. The van der Waals surface area contributed by atoms with Crippen molar-refractivity contribution < 1.29 is 33.0 Å². The highest BCUT2D eigenvalue weighted by molar-refractivity contribution is 8.14. The van der Waals surface area contributed by atoms with Crippen LogP contribution in [-0.2, 0) is 19.1 Å². The smallest absolute Gasteiger partial charge is 0.225 e. The molecule has 0 radical (unpaired) electrons. The number of carbonyl (C=O) groups is 2. The van der Waals surface area contributed by atoms with Crippen LogP contribution < -0.4 is 0 Å². The topological polar surface area (TPSA) is 96.6 Å². The lowest BCUT2D eigenvalue weighted by Gasteiger charge is -2.63. The molecule has 5 aliphatic rings. The molecule has 0 bridgehead atoms. The molecule has 1 saturated heterocycles. The molecule has 198 valence electrons. The maximum atomic E-state index is 17.3. The Labute approximate surface area is 215 Å². The van der Waals surface area contributed by atoms with Crippen LogP contribution in [0.3, 0.4) is 0 Å². The number of nitriles is 1. The molecule has 1 heterocycles. The average molecular weight is 524 g/mol. The molecule has 4 aliphatic carbocycles. The van der Waals surface area contributed by atoms with E-state index in [1.165, 1.54) is 12.2 Å². The Kier molecular flexibility index (Phi) is 6.65. The second-order valence-corrected chi connectivity index (χ2v) is 12.1. The molecular weight excluding hydrogens is 488 g/mol. The average Bonchev–Trinajstić information content (AvgIpc) is 3.23. The number of halogens is 2. The van der Waals surface area contributed by atoms with E-state index in [1.807, 2.05) is 19.9 Å². The number of hydrogen-bond donors (Lipinski definition) is 1. The molecule has 0 aromatic heterocycles. The summed E-state index contributed by atoms with van der Waals surface area (Å²) in [4.78, 5) is 25.6. The first-order valence-corrected chi connectivity index (χ1v) is 13.6. The van der Waals surface area contributed by atoms with Gasteiger partial charge in [-0.3, -0.25) is 9.59 Å². The van der Waals surface area contributed by atoms with E-state index in [0.717, 1.165) is 17.8 Å². The third kappa shape index (κ3) is 3.30. The first-order valence-electron chi connectivity index (χ1n) is 12.7. The zero-order valence-electron chi connectivity index (χ0n) is 21.6. The predicted molar refractivity (Wildman–Crippen MR) is 131 cm³/mol. The van der Waals surface area contributed by atoms with Gasteiger partial charge in [0, 0.05) is 16.7 Å². The molecule has 5 rings (SSSR count). The van der Waals surface area contributed by atoms with Crippen molar-refractivity contribution in [3.8, 4) is 6.07 Å². The van der Waals surface area contributed by atoms with Crippen molar-refractivity contribution in [2.45, 2.75) is 96.2 Å². The van der Waals surface area contributed by atoms with E-state index in [4.69, 9.17) is 14.7 Å². The number of carbonyl (C=O) groups excluding carboxylic acids is 2. The number of rotatable bonds is 2. The molecule has 0 amide bonds. The van der Waals surface area contributed by atoms with Gasteiger partial charge in [0.15, 0.2) is 22.8 Å². The first-order chi connectivity index (χ1) is 16.8. The Balaban J connectivity index is 0.00000148. The third-order valence-electron chi connectivity index (χ3n) is 9.19. The minimum Gasteiger partial charge on any atom is -0.390 e. The van der Waals surface area contributed by atoms with Gasteiger partial charge in [0.05, 0.1) is 24.0 Å². The SMILES string of the molecule is CC.CC1(C)O[C@@H]2C[C@H]3[C@@H]4C[C@H](F)C5=CC(=O)C=C[C@]5(C)[C@@]4(F)[C@@H](O)CC3(C)[C@]2(C(=O)SCC#N)O1. The van der Waals surface area contributed by atoms with Crippen molar-refractivity contribution in [2.24, 2.45) is 22.7 Å². The standard InChI is InChI=1S/C25H29F2NO5S.C2H6/c1-21(2)32-19-11-14-15-10-17(26)16-9-13(29)5-6-22(16,3)24(15,27)18(30)12-23(14,4)25(19,33-21)20(31)34-8-7-28;1-2/h5-6,9,14-15,17-19,30H,8,10-12H2,1-4H3;1-2H3/t14-,15-,17-,18-,19+,22-,23?,24-,25-;/m0./s1. The molecule has 1 aliphatic heterocycles. The number of nitrogens with zero attached hydrogens (tertiary/aromatic N) is 1. The molecule has 36 heavy (non-hydrogen) atoms. The number of fused-ring (bicyclic) bond motifs is 7. The van der Waals surface area contributed by atoms with Gasteiger partial charge in [0.2, 0.25) is 5.12 Å². The molecule has 0 aromatic rings. The number of alkyl halides is 2. The number of aliphatic hydroxyl groups is 1. The Morgan fingerprint density at radius 1 is 1.25 bits per heavy atom. The molecule has 4 fully saturated rings.